The molecule has 0 aliphatic heterocycles. The molecule has 162 valence electrons. The predicted molar refractivity (Wildman–Crippen MR) is 122 cm³/mol. The number of ether oxygens (including phenoxy) is 2. The molecule has 0 saturated heterocycles. The van der Waals surface area contributed by atoms with Crippen molar-refractivity contribution in [3.8, 4) is 11.5 Å². The fourth-order valence-corrected chi connectivity index (χ4v) is 4.57. The molecule has 4 aromatic rings. The van der Waals surface area contributed by atoms with Gasteiger partial charge >= 0.3 is 0 Å². The van der Waals surface area contributed by atoms with Crippen LogP contribution in [0.1, 0.15) is 22.5 Å². The summed E-state index contributed by atoms with van der Waals surface area (Å²) < 4.78 is 16.0. The number of methoxy groups -OCH3 is 2. The quantitative estimate of drug-likeness (QED) is 0.393. The van der Waals surface area contributed by atoms with Crippen molar-refractivity contribution in [1.29, 1.82) is 0 Å². The lowest BCUT2D eigenvalue weighted by Gasteiger charge is -2.24. The van der Waals surface area contributed by atoms with Crippen LogP contribution in [0.4, 0.5) is 0 Å². The van der Waals surface area contributed by atoms with E-state index in [0.29, 0.717) is 24.5 Å². The lowest BCUT2D eigenvalue weighted by Crippen LogP contribution is -2.33. The van der Waals surface area contributed by atoms with Gasteiger partial charge < -0.3 is 23.5 Å². The number of benzene rings is 1. The van der Waals surface area contributed by atoms with E-state index >= 15 is 0 Å². The molecule has 3 aromatic heterocycles. The molecule has 3 heterocycles. The summed E-state index contributed by atoms with van der Waals surface area (Å²) in [7, 11) is 5.20. The molecule has 0 aliphatic carbocycles. The molecule has 0 N–H and O–H groups in total. The zero-order valence-corrected chi connectivity index (χ0v) is 18.8. The third kappa shape index (κ3) is 4.44. The minimum absolute atomic E-state index is 0.00871. The van der Waals surface area contributed by atoms with E-state index in [1.165, 1.54) is 0 Å². The Bertz CT molecular complexity index is 1160. The number of thiophene rings is 1. The maximum Gasteiger partial charge on any atom is 0.270 e. The van der Waals surface area contributed by atoms with Gasteiger partial charge in [0.2, 0.25) is 0 Å². The van der Waals surface area contributed by atoms with E-state index in [-0.39, 0.29) is 5.91 Å². The van der Waals surface area contributed by atoms with Crippen LogP contribution in [0.2, 0.25) is 0 Å². The van der Waals surface area contributed by atoms with Crippen LogP contribution in [0, 0.1) is 0 Å². The standard InChI is InChI=1S/C23H26N4O3S/c1-25-19-7-12-31-22(19)14-20(25)23(28)27(10-4-9-26-11-8-24-16-26)15-17-5-6-18(29-2)13-21(17)30-3/h5-8,11-14,16H,4,9-10,15H2,1-3H3. The van der Waals surface area contributed by atoms with Gasteiger partial charge in [-0.15, -0.1) is 11.3 Å². The van der Waals surface area contributed by atoms with Crippen LogP contribution >= 0.6 is 11.3 Å². The number of amides is 1. The summed E-state index contributed by atoms with van der Waals surface area (Å²) in [5.41, 5.74) is 2.71. The second kappa shape index (κ2) is 9.26. The van der Waals surface area contributed by atoms with Crippen molar-refractivity contribution >= 4 is 27.5 Å². The van der Waals surface area contributed by atoms with Gasteiger partial charge in [-0.2, -0.15) is 0 Å². The summed E-state index contributed by atoms with van der Waals surface area (Å²) in [4.78, 5) is 19.6. The van der Waals surface area contributed by atoms with Crippen molar-refractivity contribution in [3.05, 3.63) is 65.7 Å². The minimum atomic E-state index is 0.00871. The number of hydrogen-bond acceptors (Lipinski definition) is 5. The van der Waals surface area contributed by atoms with Crippen LogP contribution in [-0.2, 0) is 20.1 Å². The summed E-state index contributed by atoms with van der Waals surface area (Å²) in [5.74, 6) is 1.44. The number of carbonyl (C=O) groups excluding carboxylic acids is 1. The SMILES string of the molecule is COc1ccc(CN(CCCn2ccnc2)C(=O)c2cc3sccc3n2C)c(OC)c1. The Morgan fingerprint density at radius 3 is 2.77 bits per heavy atom. The van der Waals surface area contributed by atoms with Crippen molar-refractivity contribution in [2.45, 2.75) is 19.5 Å². The Morgan fingerprint density at radius 2 is 2.06 bits per heavy atom. The van der Waals surface area contributed by atoms with E-state index in [2.05, 4.69) is 4.98 Å². The van der Waals surface area contributed by atoms with E-state index in [0.717, 1.165) is 34.5 Å². The highest BCUT2D eigenvalue weighted by atomic mass is 32.1. The van der Waals surface area contributed by atoms with Crippen molar-refractivity contribution in [1.82, 2.24) is 19.0 Å². The van der Waals surface area contributed by atoms with Gasteiger partial charge in [-0.3, -0.25) is 4.79 Å². The molecule has 31 heavy (non-hydrogen) atoms. The van der Waals surface area contributed by atoms with E-state index < -0.39 is 0 Å². The van der Waals surface area contributed by atoms with E-state index in [9.17, 15) is 4.79 Å². The fraction of sp³-hybridized carbons (Fsp3) is 0.304. The number of imidazole rings is 1. The third-order valence-corrected chi connectivity index (χ3v) is 6.28. The molecule has 1 aromatic carbocycles. The first-order valence-electron chi connectivity index (χ1n) is 10.1. The first-order chi connectivity index (χ1) is 15.1. The molecule has 4 rings (SSSR count). The second-order valence-electron chi connectivity index (χ2n) is 7.32. The molecule has 0 spiro atoms. The average Bonchev–Trinajstić information content (AvgIpc) is 3.52. The maximum absolute atomic E-state index is 13.6. The number of aryl methyl sites for hydroxylation is 2. The molecule has 0 radical (unpaired) electrons. The molecule has 0 bridgehead atoms. The molecule has 7 nitrogen and oxygen atoms in total. The average molecular weight is 439 g/mol. The number of hydrogen-bond donors (Lipinski definition) is 0. The number of nitrogens with zero attached hydrogens (tertiary/aromatic N) is 4. The van der Waals surface area contributed by atoms with Crippen LogP contribution < -0.4 is 9.47 Å². The van der Waals surface area contributed by atoms with Gasteiger partial charge in [-0.25, -0.2) is 4.98 Å². The van der Waals surface area contributed by atoms with Gasteiger partial charge in [0.1, 0.15) is 17.2 Å². The summed E-state index contributed by atoms with van der Waals surface area (Å²) in [5, 5.41) is 2.05. The normalized spacial score (nSPS) is 11.1. The Kier molecular flexibility index (Phi) is 6.27. The van der Waals surface area contributed by atoms with Gasteiger partial charge in [-0.1, -0.05) is 0 Å². The van der Waals surface area contributed by atoms with Gasteiger partial charge in [0.05, 0.1) is 30.8 Å². The van der Waals surface area contributed by atoms with Crippen LogP contribution in [0.25, 0.3) is 10.2 Å². The molecule has 8 heteroatoms. The van der Waals surface area contributed by atoms with Gasteiger partial charge in [-0.05, 0) is 36.1 Å². The second-order valence-corrected chi connectivity index (χ2v) is 8.26. The molecule has 0 atom stereocenters. The zero-order valence-electron chi connectivity index (χ0n) is 17.9. The summed E-state index contributed by atoms with van der Waals surface area (Å²) in [6.07, 6.45) is 6.31. The van der Waals surface area contributed by atoms with E-state index in [1.54, 1.807) is 38.1 Å². The lowest BCUT2D eigenvalue weighted by atomic mass is 10.1. The van der Waals surface area contributed by atoms with Crippen molar-refractivity contribution < 1.29 is 14.3 Å². The van der Waals surface area contributed by atoms with E-state index in [4.69, 9.17) is 9.47 Å². The van der Waals surface area contributed by atoms with E-state index in [1.807, 2.05) is 63.0 Å². The van der Waals surface area contributed by atoms with Gasteiger partial charge in [0, 0.05) is 50.7 Å². The molecule has 0 aliphatic rings. The molecular weight excluding hydrogens is 412 g/mol. The molecule has 0 saturated carbocycles. The van der Waals surface area contributed by atoms with Gasteiger partial charge in [0.15, 0.2) is 0 Å². The Balaban J connectivity index is 1.59. The first-order valence-corrected chi connectivity index (χ1v) is 11.0. The predicted octanol–water partition coefficient (Wildman–Crippen LogP) is 4.19. The summed E-state index contributed by atoms with van der Waals surface area (Å²) in [6.45, 7) is 1.87. The molecule has 1 amide bonds. The number of fused-ring (bicyclic) bond motifs is 1. The fourth-order valence-electron chi connectivity index (χ4n) is 3.72. The number of aromatic nitrogens is 3. The largest absolute Gasteiger partial charge is 0.497 e. The topological polar surface area (TPSA) is 61.5 Å². The van der Waals surface area contributed by atoms with Crippen molar-refractivity contribution in [2.24, 2.45) is 7.05 Å². The minimum Gasteiger partial charge on any atom is -0.497 e. The van der Waals surface area contributed by atoms with Crippen LogP contribution in [0.15, 0.2) is 54.4 Å². The Hall–Kier alpha value is -3.26. The highest BCUT2D eigenvalue weighted by Gasteiger charge is 2.22. The molecular formula is C23H26N4O3S. The highest BCUT2D eigenvalue weighted by molar-refractivity contribution is 7.17. The molecule has 0 unspecified atom stereocenters. The Labute approximate surface area is 185 Å². The summed E-state index contributed by atoms with van der Waals surface area (Å²) in [6, 6.07) is 9.73. The molecule has 0 fully saturated rings. The maximum atomic E-state index is 13.6. The van der Waals surface area contributed by atoms with Gasteiger partial charge in [0.25, 0.3) is 5.91 Å². The Morgan fingerprint density at radius 1 is 1.19 bits per heavy atom. The van der Waals surface area contributed by atoms with Crippen molar-refractivity contribution in [3.63, 3.8) is 0 Å². The third-order valence-electron chi connectivity index (χ3n) is 5.43. The number of carbonyl (C=O) groups is 1. The first kappa shape index (κ1) is 21.0. The van der Waals surface area contributed by atoms with Crippen LogP contribution in [0.3, 0.4) is 0 Å². The zero-order chi connectivity index (χ0) is 21.8. The van der Waals surface area contributed by atoms with Crippen LogP contribution in [0.5, 0.6) is 11.5 Å². The lowest BCUT2D eigenvalue weighted by molar-refractivity contribution is 0.0728. The summed E-state index contributed by atoms with van der Waals surface area (Å²) >= 11 is 1.65. The highest BCUT2D eigenvalue weighted by Crippen LogP contribution is 2.28. The van der Waals surface area contributed by atoms with Crippen molar-refractivity contribution in [2.75, 3.05) is 20.8 Å². The van der Waals surface area contributed by atoms with Crippen LogP contribution in [-0.4, -0.2) is 45.7 Å². The number of rotatable bonds is 9. The monoisotopic (exact) mass is 438 g/mol. The smallest absolute Gasteiger partial charge is 0.270 e.